The number of anilines is 1. The molecular weight excluding hydrogens is 234 g/mol. The van der Waals surface area contributed by atoms with Gasteiger partial charge in [0.1, 0.15) is 0 Å². The summed E-state index contributed by atoms with van der Waals surface area (Å²) in [6.45, 7) is 0.423. The van der Waals surface area contributed by atoms with Crippen molar-refractivity contribution in [2.45, 2.75) is 6.42 Å². The van der Waals surface area contributed by atoms with Gasteiger partial charge in [-0.1, -0.05) is 0 Å². The summed E-state index contributed by atoms with van der Waals surface area (Å²) < 4.78 is 6.08. The minimum atomic E-state index is 0.0837. The molecule has 0 bridgehead atoms. The lowest BCUT2D eigenvalue weighted by Crippen LogP contribution is -2.17. The summed E-state index contributed by atoms with van der Waals surface area (Å²) in [6.07, 6.45) is 0.426. The Kier molecular flexibility index (Phi) is 2.00. The molecule has 2 N–H and O–H groups in total. The van der Waals surface area contributed by atoms with Gasteiger partial charge in [-0.2, -0.15) is 0 Å². The van der Waals surface area contributed by atoms with E-state index in [1.165, 1.54) is 0 Å². The van der Waals surface area contributed by atoms with Crippen LogP contribution in [-0.4, -0.2) is 12.4 Å². The van der Waals surface area contributed by atoms with Crippen LogP contribution in [0.1, 0.15) is 16.8 Å². The molecule has 0 saturated carbocycles. The van der Waals surface area contributed by atoms with E-state index in [-0.39, 0.29) is 5.78 Å². The number of ether oxygens (including phenoxy) is 1. The van der Waals surface area contributed by atoms with E-state index in [9.17, 15) is 4.79 Å². The van der Waals surface area contributed by atoms with Crippen LogP contribution >= 0.6 is 15.9 Å². The maximum atomic E-state index is 11.5. The van der Waals surface area contributed by atoms with E-state index >= 15 is 0 Å². The maximum Gasteiger partial charge on any atom is 0.171 e. The van der Waals surface area contributed by atoms with Crippen molar-refractivity contribution in [1.29, 1.82) is 0 Å². The van der Waals surface area contributed by atoms with Crippen LogP contribution in [0.25, 0.3) is 0 Å². The maximum absolute atomic E-state index is 11.5. The highest BCUT2D eigenvalue weighted by atomic mass is 79.9. The van der Waals surface area contributed by atoms with Gasteiger partial charge in [0.2, 0.25) is 0 Å². The highest BCUT2D eigenvalue weighted by molar-refractivity contribution is 9.10. The van der Waals surface area contributed by atoms with Crippen molar-refractivity contribution >= 4 is 27.4 Å². The predicted octanol–water partition coefficient (Wildman–Crippen LogP) is 2.00. The Hall–Kier alpha value is -1.03. The third kappa shape index (κ3) is 1.31. The van der Waals surface area contributed by atoms with Crippen molar-refractivity contribution in [2.75, 3.05) is 12.3 Å². The fraction of sp³-hybridized carbons (Fsp3) is 0.222. The molecule has 1 aliphatic heterocycles. The zero-order chi connectivity index (χ0) is 9.42. The molecule has 0 saturated heterocycles. The molecule has 1 aromatic rings. The van der Waals surface area contributed by atoms with Crippen LogP contribution in [0.5, 0.6) is 5.75 Å². The summed E-state index contributed by atoms with van der Waals surface area (Å²) in [6, 6.07) is 3.49. The van der Waals surface area contributed by atoms with Gasteiger partial charge in [-0.3, -0.25) is 4.79 Å². The second-order valence-electron chi connectivity index (χ2n) is 2.86. The van der Waals surface area contributed by atoms with E-state index in [4.69, 9.17) is 10.5 Å². The van der Waals surface area contributed by atoms with Gasteiger partial charge in [0, 0.05) is 10.9 Å². The molecule has 2 rings (SSSR count). The highest BCUT2D eigenvalue weighted by Crippen LogP contribution is 2.35. The van der Waals surface area contributed by atoms with Gasteiger partial charge < -0.3 is 10.5 Å². The number of hydrogen-bond acceptors (Lipinski definition) is 3. The first-order chi connectivity index (χ1) is 6.20. The molecule has 0 spiro atoms. The molecule has 13 heavy (non-hydrogen) atoms. The van der Waals surface area contributed by atoms with Gasteiger partial charge in [0.25, 0.3) is 0 Å². The van der Waals surface area contributed by atoms with Crippen molar-refractivity contribution in [3.8, 4) is 5.75 Å². The first-order valence-corrected chi connectivity index (χ1v) is 4.73. The van der Waals surface area contributed by atoms with Crippen LogP contribution in [-0.2, 0) is 0 Å². The van der Waals surface area contributed by atoms with E-state index in [2.05, 4.69) is 15.9 Å². The Morgan fingerprint density at radius 2 is 2.23 bits per heavy atom. The number of halogens is 1. The first-order valence-electron chi connectivity index (χ1n) is 3.94. The van der Waals surface area contributed by atoms with Crippen molar-refractivity contribution in [2.24, 2.45) is 0 Å². The fourth-order valence-electron chi connectivity index (χ4n) is 1.36. The number of nitrogens with two attached hydrogens (primary N) is 1. The van der Waals surface area contributed by atoms with Crippen LogP contribution in [0.2, 0.25) is 0 Å². The smallest absolute Gasteiger partial charge is 0.171 e. The number of rotatable bonds is 0. The van der Waals surface area contributed by atoms with Gasteiger partial charge in [0.05, 0.1) is 17.9 Å². The normalized spacial score (nSPS) is 15.0. The van der Waals surface area contributed by atoms with Gasteiger partial charge in [-0.05, 0) is 28.1 Å². The van der Waals surface area contributed by atoms with Gasteiger partial charge in [-0.25, -0.2) is 0 Å². The Balaban J connectivity index is 2.67. The van der Waals surface area contributed by atoms with Crippen LogP contribution < -0.4 is 10.5 Å². The molecule has 1 aromatic carbocycles. The summed E-state index contributed by atoms with van der Waals surface area (Å²) in [5.41, 5.74) is 6.77. The van der Waals surface area contributed by atoms with Crippen molar-refractivity contribution in [3.63, 3.8) is 0 Å². The molecule has 0 amide bonds. The molecule has 3 nitrogen and oxygen atoms in total. The van der Waals surface area contributed by atoms with Crippen molar-refractivity contribution in [1.82, 2.24) is 0 Å². The van der Waals surface area contributed by atoms with Crippen LogP contribution in [0, 0.1) is 0 Å². The number of ketones is 1. The lowest BCUT2D eigenvalue weighted by Gasteiger charge is -2.18. The molecule has 0 radical (unpaired) electrons. The van der Waals surface area contributed by atoms with Gasteiger partial charge >= 0.3 is 0 Å². The predicted molar refractivity (Wildman–Crippen MR) is 53.0 cm³/mol. The molecule has 68 valence electrons. The first kappa shape index (κ1) is 8.56. The molecule has 1 aliphatic rings. The number of carbonyl (C=O) groups is 1. The minimum Gasteiger partial charge on any atom is -0.490 e. The number of nitrogen functional groups attached to an aromatic ring is 1. The Labute approximate surface area is 84.0 Å². The van der Waals surface area contributed by atoms with E-state index in [1.54, 1.807) is 12.1 Å². The lowest BCUT2D eigenvalue weighted by molar-refractivity contribution is 0.0933. The zero-order valence-electron chi connectivity index (χ0n) is 6.84. The fourth-order valence-corrected chi connectivity index (χ4v) is 1.89. The number of fused-ring (bicyclic) bond motifs is 1. The SMILES string of the molecule is Nc1ccc(Br)c2c1OCCC2=O. The quantitative estimate of drug-likeness (QED) is 0.708. The lowest BCUT2D eigenvalue weighted by atomic mass is 10.0. The summed E-state index contributed by atoms with van der Waals surface area (Å²) in [5.74, 6) is 0.603. The zero-order valence-corrected chi connectivity index (χ0v) is 8.43. The third-order valence-electron chi connectivity index (χ3n) is 1.99. The number of Topliss-reactive ketones (excluding diaryl/α,β-unsaturated/α-hetero) is 1. The number of benzene rings is 1. The Morgan fingerprint density at radius 1 is 1.46 bits per heavy atom. The van der Waals surface area contributed by atoms with Crippen LogP contribution in [0.3, 0.4) is 0 Å². The minimum absolute atomic E-state index is 0.0837. The molecule has 0 atom stereocenters. The van der Waals surface area contributed by atoms with Gasteiger partial charge in [0.15, 0.2) is 11.5 Å². The van der Waals surface area contributed by atoms with E-state index in [1.807, 2.05) is 0 Å². The average molecular weight is 242 g/mol. The highest BCUT2D eigenvalue weighted by Gasteiger charge is 2.22. The van der Waals surface area contributed by atoms with Gasteiger partial charge in [-0.15, -0.1) is 0 Å². The molecule has 4 heteroatoms. The summed E-state index contributed by atoms with van der Waals surface area (Å²) >= 11 is 3.30. The molecular formula is C9H8BrNO2. The summed E-state index contributed by atoms with van der Waals surface area (Å²) in [7, 11) is 0. The van der Waals surface area contributed by atoms with Crippen molar-refractivity contribution < 1.29 is 9.53 Å². The molecule has 0 fully saturated rings. The second-order valence-corrected chi connectivity index (χ2v) is 3.72. The Bertz CT molecular complexity index is 376. The number of carbonyl (C=O) groups excluding carboxylic acids is 1. The molecule has 0 aromatic heterocycles. The largest absolute Gasteiger partial charge is 0.490 e. The molecule has 0 aliphatic carbocycles. The Morgan fingerprint density at radius 3 is 2.92 bits per heavy atom. The molecule has 1 heterocycles. The second kappa shape index (κ2) is 3.03. The third-order valence-corrected chi connectivity index (χ3v) is 2.65. The topological polar surface area (TPSA) is 52.3 Å². The van der Waals surface area contributed by atoms with Crippen molar-refractivity contribution in [3.05, 3.63) is 22.2 Å². The van der Waals surface area contributed by atoms with Crippen LogP contribution in [0.4, 0.5) is 5.69 Å². The summed E-state index contributed by atoms with van der Waals surface area (Å²) in [4.78, 5) is 11.5. The van der Waals surface area contributed by atoms with E-state index in [0.29, 0.717) is 30.0 Å². The van der Waals surface area contributed by atoms with E-state index < -0.39 is 0 Å². The average Bonchev–Trinajstić information content (AvgIpc) is 2.12. The summed E-state index contributed by atoms with van der Waals surface area (Å²) in [5, 5.41) is 0. The number of hydrogen-bond donors (Lipinski definition) is 1. The van der Waals surface area contributed by atoms with E-state index in [0.717, 1.165) is 4.47 Å². The standard InChI is InChI=1S/C9H8BrNO2/c10-5-1-2-6(11)9-8(5)7(12)3-4-13-9/h1-2H,3-4,11H2. The molecule has 0 unspecified atom stereocenters. The van der Waals surface area contributed by atoms with Crippen LogP contribution in [0.15, 0.2) is 16.6 Å². The monoisotopic (exact) mass is 241 g/mol.